The highest BCUT2D eigenvalue weighted by molar-refractivity contribution is 7.93. The van der Waals surface area contributed by atoms with Crippen LogP contribution in [0.3, 0.4) is 0 Å². The second-order valence-electron chi connectivity index (χ2n) is 7.52. The Labute approximate surface area is 195 Å². The highest BCUT2D eigenvalue weighted by atomic mass is 32.2. The molecule has 8 heteroatoms. The van der Waals surface area contributed by atoms with Gasteiger partial charge in [-0.1, -0.05) is 12.1 Å². The maximum atomic E-state index is 13.2. The van der Waals surface area contributed by atoms with E-state index in [-0.39, 0.29) is 4.90 Å². The summed E-state index contributed by atoms with van der Waals surface area (Å²) in [6, 6.07) is 17.9. The minimum atomic E-state index is -3.86. The fraction of sp³-hybridized carbons (Fsp3) is 0.208. The summed E-state index contributed by atoms with van der Waals surface area (Å²) in [5, 5.41) is 6.45. The molecule has 0 radical (unpaired) electrons. The van der Waals surface area contributed by atoms with Gasteiger partial charge in [0.25, 0.3) is 10.0 Å². The van der Waals surface area contributed by atoms with Crippen molar-refractivity contribution in [1.82, 2.24) is 0 Å². The maximum Gasteiger partial charge on any atom is 0.263 e. The van der Waals surface area contributed by atoms with Crippen LogP contribution in [-0.4, -0.2) is 20.1 Å². The molecule has 0 spiro atoms. The fourth-order valence-corrected chi connectivity index (χ4v) is 4.82. The first kappa shape index (κ1) is 23.6. The summed E-state index contributed by atoms with van der Waals surface area (Å²) in [4.78, 5) is 0.107. The average molecular weight is 470 g/mol. The van der Waals surface area contributed by atoms with Crippen molar-refractivity contribution in [2.75, 3.05) is 22.0 Å². The molecule has 0 aromatic heterocycles. The zero-order valence-corrected chi connectivity index (χ0v) is 20.2. The van der Waals surface area contributed by atoms with Gasteiger partial charge in [0.1, 0.15) is 10.6 Å². The van der Waals surface area contributed by atoms with Crippen LogP contribution in [0.4, 0.5) is 17.1 Å². The van der Waals surface area contributed by atoms with Crippen molar-refractivity contribution in [3.8, 4) is 5.75 Å². The lowest BCUT2D eigenvalue weighted by atomic mass is 10.1. The Bertz CT molecular complexity index is 1200. The van der Waals surface area contributed by atoms with Crippen molar-refractivity contribution in [3.05, 3.63) is 77.4 Å². The van der Waals surface area contributed by atoms with Crippen LogP contribution in [0.1, 0.15) is 23.6 Å². The van der Waals surface area contributed by atoms with Gasteiger partial charge in [-0.3, -0.25) is 4.72 Å². The number of hydrogen-bond acceptors (Lipinski definition) is 4. The Morgan fingerprint density at radius 2 is 1.50 bits per heavy atom. The van der Waals surface area contributed by atoms with E-state index in [2.05, 4.69) is 21.4 Å². The van der Waals surface area contributed by atoms with Gasteiger partial charge < -0.3 is 15.4 Å². The second-order valence-corrected chi connectivity index (χ2v) is 9.58. The number of aryl methyl sites for hydroxylation is 3. The molecule has 0 atom stereocenters. The molecule has 0 bridgehead atoms. The zero-order valence-electron chi connectivity index (χ0n) is 18.5. The lowest BCUT2D eigenvalue weighted by Gasteiger charge is -2.16. The summed E-state index contributed by atoms with van der Waals surface area (Å²) in [7, 11) is -3.86. The number of benzene rings is 3. The summed E-state index contributed by atoms with van der Waals surface area (Å²) in [6.45, 7) is 8.28. The number of anilines is 3. The minimum Gasteiger partial charge on any atom is -0.494 e. The second kappa shape index (κ2) is 10.0. The van der Waals surface area contributed by atoms with Crippen LogP contribution < -0.4 is 20.1 Å². The van der Waals surface area contributed by atoms with Gasteiger partial charge in [-0.2, -0.15) is 0 Å². The monoisotopic (exact) mass is 469 g/mol. The first-order valence-corrected chi connectivity index (χ1v) is 12.1. The topological polar surface area (TPSA) is 79.5 Å². The normalized spacial score (nSPS) is 11.0. The van der Waals surface area contributed by atoms with E-state index in [9.17, 15) is 8.42 Å². The van der Waals surface area contributed by atoms with Crippen molar-refractivity contribution in [2.24, 2.45) is 0 Å². The molecule has 168 valence electrons. The number of rotatable bonds is 7. The van der Waals surface area contributed by atoms with E-state index in [1.165, 1.54) is 0 Å². The summed E-state index contributed by atoms with van der Waals surface area (Å²) >= 11 is 5.44. The smallest absolute Gasteiger partial charge is 0.263 e. The third-order valence-electron chi connectivity index (χ3n) is 4.57. The van der Waals surface area contributed by atoms with Crippen LogP contribution in [0.2, 0.25) is 0 Å². The lowest BCUT2D eigenvalue weighted by Crippen LogP contribution is -2.22. The van der Waals surface area contributed by atoms with Gasteiger partial charge in [-0.05, 0) is 105 Å². The van der Waals surface area contributed by atoms with Gasteiger partial charge in [0.05, 0.1) is 12.3 Å². The SMILES string of the molecule is CCOc1ccc(NS(=O)(=O)c2cc(C)ccc2NC(=S)Nc2cc(C)cc(C)c2)cc1. The molecule has 0 saturated carbocycles. The first-order valence-electron chi connectivity index (χ1n) is 10.2. The Morgan fingerprint density at radius 3 is 2.12 bits per heavy atom. The molecule has 0 saturated heterocycles. The van der Waals surface area contributed by atoms with E-state index in [1.807, 2.05) is 45.9 Å². The quantitative estimate of drug-likeness (QED) is 0.390. The van der Waals surface area contributed by atoms with Crippen LogP contribution in [0.5, 0.6) is 5.75 Å². The van der Waals surface area contributed by atoms with Gasteiger partial charge in [0, 0.05) is 11.4 Å². The van der Waals surface area contributed by atoms with Crippen LogP contribution in [0.15, 0.2) is 65.6 Å². The zero-order chi connectivity index (χ0) is 23.3. The third-order valence-corrected chi connectivity index (χ3v) is 6.20. The van der Waals surface area contributed by atoms with Gasteiger partial charge in [0.2, 0.25) is 0 Å². The molecule has 0 aliphatic heterocycles. The Kier molecular flexibility index (Phi) is 7.37. The van der Waals surface area contributed by atoms with Crippen molar-refractivity contribution in [2.45, 2.75) is 32.6 Å². The average Bonchev–Trinajstić information content (AvgIpc) is 2.70. The summed E-state index contributed by atoms with van der Waals surface area (Å²) in [5.74, 6) is 0.677. The molecule has 3 aromatic rings. The van der Waals surface area contributed by atoms with E-state index >= 15 is 0 Å². The molecule has 0 amide bonds. The molecular formula is C24H27N3O3S2. The minimum absolute atomic E-state index is 0.107. The van der Waals surface area contributed by atoms with E-state index in [0.717, 1.165) is 22.4 Å². The molecule has 32 heavy (non-hydrogen) atoms. The Hall–Kier alpha value is -3.10. The molecule has 3 rings (SSSR count). The standard InChI is InChI=1S/C24H27N3O3S2/c1-5-30-21-9-7-19(8-10-21)27-32(28,29)23-15-16(2)6-11-22(23)26-24(31)25-20-13-17(3)12-18(4)14-20/h6-15,27H,5H2,1-4H3,(H2,25,26,31). The van der Waals surface area contributed by atoms with Crippen LogP contribution in [0.25, 0.3) is 0 Å². The molecule has 3 N–H and O–H groups in total. The predicted octanol–water partition coefficient (Wildman–Crippen LogP) is 5.62. The number of hydrogen-bond donors (Lipinski definition) is 3. The number of sulfonamides is 1. The van der Waals surface area contributed by atoms with Gasteiger partial charge in [-0.15, -0.1) is 0 Å². The lowest BCUT2D eigenvalue weighted by molar-refractivity contribution is 0.340. The van der Waals surface area contributed by atoms with E-state index < -0.39 is 10.0 Å². The summed E-state index contributed by atoms with van der Waals surface area (Å²) in [6.07, 6.45) is 0. The number of ether oxygens (including phenoxy) is 1. The maximum absolute atomic E-state index is 13.2. The first-order chi connectivity index (χ1) is 15.2. The summed E-state index contributed by atoms with van der Waals surface area (Å²) in [5.41, 5.74) is 4.69. The summed E-state index contributed by atoms with van der Waals surface area (Å²) < 4.78 is 34.4. The molecule has 0 aliphatic rings. The van der Waals surface area contributed by atoms with Crippen LogP contribution in [0, 0.1) is 20.8 Å². The van der Waals surface area contributed by atoms with Gasteiger partial charge >= 0.3 is 0 Å². The largest absolute Gasteiger partial charge is 0.494 e. The highest BCUT2D eigenvalue weighted by Crippen LogP contribution is 2.26. The Morgan fingerprint density at radius 1 is 0.844 bits per heavy atom. The predicted molar refractivity (Wildman–Crippen MR) is 135 cm³/mol. The number of thiocarbonyl (C=S) groups is 1. The molecule has 0 unspecified atom stereocenters. The highest BCUT2D eigenvalue weighted by Gasteiger charge is 2.20. The van der Waals surface area contributed by atoms with Crippen molar-refractivity contribution >= 4 is 44.4 Å². The molecule has 0 heterocycles. The molecule has 0 fully saturated rings. The molecule has 6 nitrogen and oxygen atoms in total. The van der Waals surface area contributed by atoms with Gasteiger partial charge in [0.15, 0.2) is 5.11 Å². The fourth-order valence-electron chi connectivity index (χ4n) is 3.28. The Balaban J connectivity index is 1.82. The van der Waals surface area contributed by atoms with Crippen LogP contribution >= 0.6 is 12.2 Å². The van der Waals surface area contributed by atoms with Crippen molar-refractivity contribution in [3.63, 3.8) is 0 Å². The van der Waals surface area contributed by atoms with E-state index in [0.29, 0.717) is 28.8 Å². The molecular weight excluding hydrogens is 442 g/mol. The van der Waals surface area contributed by atoms with Crippen molar-refractivity contribution < 1.29 is 13.2 Å². The molecule has 0 aliphatic carbocycles. The van der Waals surface area contributed by atoms with E-state index in [4.69, 9.17) is 17.0 Å². The number of nitrogens with one attached hydrogen (secondary N) is 3. The third kappa shape index (κ3) is 6.21. The molecule has 3 aromatic carbocycles. The van der Waals surface area contributed by atoms with E-state index in [1.54, 1.807) is 36.4 Å². The van der Waals surface area contributed by atoms with Crippen LogP contribution in [-0.2, 0) is 10.0 Å². The van der Waals surface area contributed by atoms with Gasteiger partial charge in [-0.25, -0.2) is 8.42 Å². The van der Waals surface area contributed by atoms with Crippen molar-refractivity contribution in [1.29, 1.82) is 0 Å².